The Balaban J connectivity index is 1.83. The highest BCUT2D eigenvalue weighted by atomic mass is 16.5. The number of ether oxygens (including phenoxy) is 1. The SMILES string of the molecule is CCn1ncnc1CC1(O)CCc2ccc(OC)cc2C1. The van der Waals surface area contributed by atoms with Gasteiger partial charge >= 0.3 is 0 Å². The molecule has 21 heavy (non-hydrogen) atoms. The molecule has 0 aliphatic heterocycles. The van der Waals surface area contributed by atoms with Gasteiger partial charge in [-0.25, -0.2) is 4.98 Å². The zero-order chi connectivity index (χ0) is 14.9. The van der Waals surface area contributed by atoms with E-state index in [4.69, 9.17) is 4.74 Å². The lowest BCUT2D eigenvalue weighted by Gasteiger charge is -2.33. The zero-order valence-electron chi connectivity index (χ0n) is 12.5. The van der Waals surface area contributed by atoms with Crippen molar-refractivity contribution < 1.29 is 9.84 Å². The van der Waals surface area contributed by atoms with Gasteiger partial charge in [-0.15, -0.1) is 0 Å². The van der Waals surface area contributed by atoms with Gasteiger partial charge in [0.15, 0.2) is 0 Å². The monoisotopic (exact) mass is 287 g/mol. The van der Waals surface area contributed by atoms with Crippen molar-refractivity contribution in [2.75, 3.05) is 7.11 Å². The van der Waals surface area contributed by atoms with Gasteiger partial charge in [-0.2, -0.15) is 5.10 Å². The summed E-state index contributed by atoms with van der Waals surface area (Å²) in [5, 5.41) is 15.1. The first-order chi connectivity index (χ1) is 10.1. The molecule has 112 valence electrons. The van der Waals surface area contributed by atoms with Crippen molar-refractivity contribution in [3.05, 3.63) is 41.5 Å². The summed E-state index contributed by atoms with van der Waals surface area (Å²) < 4.78 is 7.13. The minimum atomic E-state index is -0.751. The number of rotatable bonds is 4. The Morgan fingerprint density at radius 1 is 1.38 bits per heavy atom. The number of aryl methyl sites for hydroxylation is 2. The molecule has 0 fully saturated rings. The van der Waals surface area contributed by atoms with E-state index in [-0.39, 0.29) is 0 Å². The van der Waals surface area contributed by atoms with Crippen LogP contribution in [0.2, 0.25) is 0 Å². The number of fused-ring (bicyclic) bond motifs is 1. The summed E-state index contributed by atoms with van der Waals surface area (Å²) >= 11 is 0. The van der Waals surface area contributed by atoms with Crippen LogP contribution in [-0.2, 0) is 25.8 Å². The number of aromatic nitrogens is 3. The van der Waals surface area contributed by atoms with Gasteiger partial charge in [-0.1, -0.05) is 6.07 Å². The van der Waals surface area contributed by atoms with Gasteiger partial charge in [0.25, 0.3) is 0 Å². The van der Waals surface area contributed by atoms with Gasteiger partial charge in [0, 0.05) is 19.4 Å². The first kappa shape index (κ1) is 14.1. The van der Waals surface area contributed by atoms with E-state index < -0.39 is 5.60 Å². The lowest BCUT2D eigenvalue weighted by molar-refractivity contribution is 0.0238. The number of benzene rings is 1. The van der Waals surface area contributed by atoms with Crippen LogP contribution in [0.4, 0.5) is 0 Å². The molecule has 1 aromatic heterocycles. The lowest BCUT2D eigenvalue weighted by atomic mass is 9.78. The molecule has 1 N–H and O–H groups in total. The van der Waals surface area contributed by atoms with Gasteiger partial charge < -0.3 is 9.84 Å². The van der Waals surface area contributed by atoms with E-state index in [0.717, 1.165) is 31.0 Å². The zero-order valence-corrected chi connectivity index (χ0v) is 12.5. The molecule has 1 aliphatic carbocycles. The third kappa shape index (κ3) is 2.78. The minimum Gasteiger partial charge on any atom is -0.497 e. The van der Waals surface area contributed by atoms with Gasteiger partial charge in [0.2, 0.25) is 0 Å². The highest BCUT2D eigenvalue weighted by Gasteiger charge is 2.34. The standard InChI is InChI=1S/C16H21N3O2/c1-3-19-15(17-11-18-19)10-16(20)7-6-12-4-5-14(21-2)8-13(12)9-16/h4-5,8,11,20H,3,6-7,9-10H2,1-2H3. The second-order valence-electron chi connectivity index (χ2n) is 5.70. The Labute approximate surface area is 124 Å². The molecule has 0 amide bonds. The highest BCUT2D eigenvalue weighted by molar-refractivity contribution is 5.38. The quantitative estimate of drug-likeness (QED) is 0.931. The summed E-state index contributed by atoms with van der Waals surface area (Å²) in [6, 6.07) is 6.11. The Hall–Kier alpha value is -1.88. The molecule has 2 aromatic rings. The Morgan fingerprint density at radius 2 is 2.24 bits per heavy atom. The third-order valence-corrected chi connectivity index (χ3v) is 4.28. The smallest absolute Gasteiger partial charge is 0.138 e. The molecule has 1 heterocycles. The summed E-state index contributed by atoms with van der Waals surface area (Å²) in [5.41, 5.74) is 1.72. The Morgan fingerprint density at radius 3 is 3.00 bits per heavy atom. The molecule has 1 atom stereocenters. The molecule has 0 spiro atoms. The summed E-state index contributed by atoms with van der Waals surface area (Å²) in [7, 11) is 1.67. The van der Waals surface area contributed by atoms with Crippen LogP contribution in [0.3, 0.4) is 0 Å². The first-order valence-electron chi connectivity index (χ1n) is 7.38. The molecular formula is C16H21N3O2. The highest BCUT2D eigenvalue weighted by Crippen LogP contribution is 2.33. The van der Waals surface area contributed by atoms with Crippen molar-refractivity contribution in [1.82, 2.24) is 14.8 Å². The van der Waals surface area contributed by atoms with E-state index in [1.54, 1.807) is 13.4 Å². The lowest BCUT2D eigenvalue weighted by Crippen LogP contribution is -2.39. The normalized spacial score (nSPS) is 21.1. The molecule has 0 saturated heterocycles. The molecule has 1 unspecified atom stereocenters. The molecule has 0 bridgehead atoms. The third-order valence-electron chi connectivity index (χ3n) is 4.28. The number of aliphatic hydroxyl groups is 1. The largest absolute Gasteiger partial charge is 0.497 e. The van der Waals surface area contributed by atoms with E-state index in [1.807, 2.05) is 23.7 Å². The van der Waals surface area contributed by atoms with Crippen LogP contribution in [0.15, 0.2) is 24.5 Å². The maximum atomic E-state index is 11.0. The van der Waals surface area contributed by atoms with E-state index in [1.165, 1.54) is 11.1 Å². The summed E-state index contributed by atoms with van der Waals surface area (Å²) in [6.45, 7) is 2.80. The van der Waals surface area contributed by atoms with Crippen molar-refractivity contribution >= 4 is 0 Å². The van der Waals surface area contributed by atoms with Crippen molar-refractivity contribution in [2.24, 2.45) is 0 Å². The fourth-order valence-electron chi connectivity index (χ4n) is 3.08. The fraction of sp³-hybridized carbons (Fsp3) is 0.500. The summed E-state index contributed by atoms with van der Waals surface area (Å²) in [4.78, 5) is 4.28. The molecular weight excluding hydrogens is 266 g/mol. The van der Waals surface area contributed by atoms with E-state index >= 15 is 0 Å². The number of nitrogens with zero attached hydrogens (tertiary/aromatic N) is 3. The van der Waals surface area contributed by atoms with Gasteiger partial charge in [0.1, 0.15) is 17.9 Å². The van der Waals surface area contributed by atoms with E-state index in [0.29, 0.717) is 12.8 Å². The van der Waals surface area contributed by atoms with Crippen LogP contribution < -0.4 is 4.74 Å². The predicted molar refractivity (Wildman–Crippen MR) is 79.4 cm³/mol. The second-order valence-corrected chi connectivity index (χ2v) is 5.70. The van der Waals surface area contributed by atoms with Crippen molar-refractivity contribution in [1.29, 1.82) is 0 Å². The fourth-order valence-corrected chi connectivity index (χ4v) is 3.08. The summed E-state index contributed by atoms with van der Waals surface area (Å²) in [5.74, 6) is 1.70. The Kier molecular flexibility index (Phi) is 3.68. The van der Waals surface area contributed by atoms with E-state index in [2.05, 4.69) is 16.1 Å². The molecule has 0 saturated carbocycles. The van der Waals surface area contributed by atoms with Crippen molar-refractivity contribution in [2.45, 2.75) is 44.8 Å². The number of hydrogen-bond acceptors (Lipinski definition) is 4. The maximum absolute atomic E-state index is 11.0. The Bertz CT molecular complexity index is 638. The van der Waals surface area contributed by atoms with Crippen LogP contribution in [-0.4, -0.2) is 32.6 Å². The number of methoxy groups -OCH3 is 1. The first-order valence-corrected chi connectivity index (χ1v) is 7.38. The average molecular weight is 287 g/mol. The predicted octanol–water partition coefficient (Wildman–Crippen LogP) is 1.77. The van der Waals surface area contributed by atoms with Crippen molar-refractivity contribution in [3.8, 4) is 5.75 Å². The molecule has 0 radical (unpaired) electrons. The van der Waals surface area contributed by atoms with Crippen molar-refractivity contribution in [3.63, 3.8) is 0 Å². The minimum absolute atomic E-state index is 0.539. The molecule has 1 aromatic carbocycles. The molecule has 5 nitrogen and oxygen atoms in total. The molecule has 5 heteroatoms. The average Bonchev–Trinajstić information content (AvgIpc) is 2.92. The van der Waals surface area contributed by atoms with Gasteiger partial charge in [-0.3, -0.25) is 4.68 Å². The van der Waals surface area contributed by atoms with Crippen LogP contribution >= 0.6 is 0 Å². The van der Waals surface area contributed by atoms with E-state index in [9.17, 15) is 5.11 Å². The number of hydrogen-bond donors (Lipinski definition) is 1. The maximum Gasteiger partial charge on any atom is 0.138 e. The molecule has 1 aliphatic rings. The van der Waals surface area contributed by atoms with Crippen LogP contribution in [0.1, 0.15) is 30.3 Å². The van der Waals surface area contributed by atoms with Gasteiger partial charge in [0.05, 0.1) is 12.7 Å². The summed E-state index contributed by atoms with van der Waals surface area (Å²) in [6.07, 6.45) is 4.37. The van der Waals surface area contributed by atoms with Crippen LogP contribution in [0.25, 0.3) is 0 Å². The topological polar surface area (TPSA) is 60.2 Å². The van der Waals surface area contributed by atoms with Gasteiger partial charge in [-0.05, 0) is 43.0 Å². The molecule has 3 rings (SSSR count). The van der Waals surface area contributed by atoms with Crippen LogP contribution in [0, 0.1) is 0 Å². The second kappa shape index (κ2) is 5.48. The van der Waals surface area contributed by atoms with Crippen LogP contribution in [0.5, 0.6) is 5.75 Å².